The molecule has 0 radical (unpaired) electrons. The third-order valence-electron chi connectivity index (χ3n) is 1.60. The minimum atomic E-state index is -0.762. The van der Waals surface area contributed by atoms with E-state index in [1.165, 1.54) is 13.2 Å². The van der Waals surface area contributed by atoms with Crippen LogP contribution in [-0.2, 0) is 9.53 Å². The van der Waals surface area contributed by atoms with Crippen molar-refractivity contribution in [2.24, 2.45) is 5.73 Å². The van der Waals surface area contributed by atoms with Crippen LogP contribution in [0.1, 0.15) is 12.8 Å². The van der Waals surface area contributed by atoms with Crippen molar-refractivity contribution < 1.29 is 14.6 Å². The SMILES string of the molecule is C=CC(O)C(N)CC#CCC(=O)OC. The van der Waals surface area contributed by atoms with E-state index in [-0.39, 0.29) is 12.4 Å². The molecule has 2 atom stereocenters. The summed E-state index contributed by atoms with van der Waals surface area (Å²) in [5, 5.41) is 9.18. The predicted octanol–water partition coefficient (Wildman–Crippen LogP) is -0.183. The Balaban J connectivity index is 3.80. The molecule has 78 valence electrons. The van der Waals surface area contributed by atoms with Gasteiger partial charge in [-0.2, -0.15) is 0 Å². The molecule has 0 spiro atoms. The van der Waals surface area contributed by atoms with Crippen LogP contribution in [0.15, 0.2) is 12.7 Å². The van der Waals surface area contributed by atoms with Gasteiger partial charge < -0.3 is 15.6 Å². The summed E-state index contributed by atoms with van der Waals surface area (Å²) in [6.07, 6.45) is 0.965. The van der Waals surface area contributed by atoms with Gasteiger partial charge in [-0.15, -0.1) is 12.5 Å². The molecule has 0 aliphatic carbocycles. The van der Waals surface area contributed by atoms with E-state index in [2.05, 4.69) is 23.2 Å². The Bertz CT molecular complexity index is 252. The molecule has 0 aromatic carbocycles. The minimum absolute atomic E-state index is 0.0490. The van der Waals surface area contributed by atoms with E-state index in [4.69, 9.17) is 5.73 Å². The molecule has 0 bridgehead atoms. The summed E-state index contributed by atoms with van der Waals surface area (Å²) in [5.74, 6) is 4.90. The van der Waals surface area contributed by atoms with Gasteiger partial charge in [-0.1, -0.05) is 12.0 Å². The summed E-state index contributed by atoms with van der Waals surface area (Å²) in [6.45, 7) is 3.40. The van der Waals surface area contributed by atoms with Gasteiger partial charge in [0, 0.05) is 12.5 Å². The standard InChI is InChI=1S/C10H15NO3/c1-3-9(12)8(11)6-4-5-7-10(13)14-2/h3,8-9,12H,1,6-7,11H2,2H3. The van der Waals surface area contributed by atoms with Crippen LogP contribution in [0.4, 0.5) is 0 Å². The van der Waals surface area contributed by atoms with Crippen molar-refractivity contribution >= 4 is 5.97 Å². The number of nitrogens with two attached hydrogens (primary N) is 1. The third kappa shape index (κ3) is 5.36. The Labute approximate surface area is 83.7 Å². The van der Waals surface area contributed by atoms with Gasteiger partial charge in [0.15, 0.2) is 0 Å². The van der Waals surface area contributed by atoms with E-state index in [1.807, 2.05) is 0 Å². The highest BCUT2D eigenvalue weighted by Crippen LogP contribution is 1.95. The van der Waals surface area contributed by atoms with Gasteiger partial charge in [-0.3, -0.25) is 4.79 Å². The Morgan fingerprint density at radius 1 is 1.71 bits per heavy atom. The molecule has 0 aromatic rings. The number of esters is 1. The van der Waals surface area contributed by atoms with Gasteiger partial charge in [0.05, 0.1) is 13.2 Å². The van der Waals surface area contributed by atoms with Crippen molar-refractivity contribution in [3.8, 4) is 11.8 Å². The number of aliphatic hydroxyl groups excluding tert-OH is 1. The smallest absolute Gasteiger partial charge is 0.317 e. The number of carbonyl (C=O) groups excluding carboxylic acids is 1. The van der Waals surface area contributed by atoms with Crippen molar-refractivity contribution in [3.63, 3.8) is 0 Å². The van der Waals surface area contributed by atoms with Gasteiger partial charge in [0.2, 0.25) is 0 Å². The molecule has 0 saturated carbocycles. The minimum Gasteiger partial charge on any atom is -0.468 e. The Hall–Kier alpha value is -1.31. The van der Waals surface area contributed by atoms with Crippen LogP contribution in [0, 0.1) is 11.8 Å². The third-order valence-corrected chi connectivity index (χ3v) is 1.60. The van der Waals surface area contributed by atoms with Gasteiger partial charge in [0.1, 0.15) is 6.42 Å². The van der Waals surface area contributed by atoms with Gasteiger partial charge in [-0.05, 0) is 0 Å². The van der Waals surface area contributed by atoms with E-state index >= 15 is 0 Å². The molecule has 4 heteroatoms. The van der Waals surface area contributed by atoms with Crippen molar-refractivity contribution in [2.75, 3.05) is 7.11 Å². The van der Waals surface area contributed by atoms with Gasteiger partial charge in [0.25, 0.3) is 0 Å². The lowest BCUT2D eigenvalue weighted by Crippen LogP contribution is -2.32. The van der Waals surface area contributed by atoms with Crippen LogP contribution in [-0.4, -0.2) is 30.3 Å². The Morgan fingerprint density at radius 3 is 2.86 bits per heavy atom. The van der Waals surface area contributed by atoms with Gasteiger partial charge in [-0.25, -0.2) is 0 Å². The zero-order valence-corrected chi connectivity index (χ0v) is 8.19. The number of hydrogen-bond acceptors (Lipinski definition) is 4. The summed E-state index contributed by atoms with van der Waals surface area (Å²) in [4.78, 5) is 10.6. The topological polar surface area (TPSA) is 72.5 Å². The average Bonchev–Trinajstić information content (AvgIpc) is 2.22. The summed E-state index contributed by atoms with van der Waals surface area (Å²) in [6, 6.07) is -0.461. The molecule has 0 heterocycles. The number of aliphatic hydroxyl groups is 1. The lowest BCUT2D eigenvalue weighted by Gasteiger charge is -2.10. The van der Waals surface area contributed by atoms with Crippen molar-refractivity contribution in [3.05, 3.63) is 12.7 Å². The first kappa shape index (κ1) is 12.7. The first-order valence-corrected chi connectivity index (χ1v) is 4.20. The van der Waals surface area contributed by atoms with Gasteiger partial charge >= 0.3 is 5.97 Å². The number of carbonyl (C=O) groups is 1. The second kappa shape index (κ2) is 7.13. The molecule has 3 N–H and O–H groups in total. The van der Waals surface area contributed by atoms with Crippen molar-refractivity contribution in [1.82, 2.24) is 0 Å². The zero-order chi connectivity index (χ0) is 11.0. The first-order valence-electron chi connectivity index (χ1n) is 4.20. The molecule has 0 rings (SSSR count). The number of ether oxygens (including phenoxy) is 1. The molecule has 4 nitrogen and oxygen atoms in total. The molecule has 0 aromatic heterocycles. The molecule has 0 aliphatic heterocycles. The normalized spacial score (nSPS) is 13.4. The summed E-state index contributed by atoms with van der Waals surface area (Å²) in [7, 11) is 1.30. The van der Waals surface area contributed by atoms with Crippen LogP contribution in [0.5, 0.6) is 0 Å². The van der Waals surface area contributed by atoms with E-state index in [9.17, 15) is 9.90 Å². The highest BCUT2D eigenvalue weighted by molar-refractivity contribution is 5.72. The highest BCUT2D eigenvalue weighted by atomic mass is 16.5. The first-order chi connectivity index (χ1) is 6.61. The number of methoxy groups -OCH3 is 1. The van der Waals surface area contributed by atoms with Crippen LogP contribution >= 0.6 is 0 Å². The fourth-order valence-electron chi connectivity index (χ4n) is 0.692. The monoisotopic (exact) mass is 197 g/mol. The highest BCUT2D eigenvalue weighted by Gasteiger charge is 2.08. The molecule has 0 amide bonds. The maximum Gasteiger partial charge on any atom is 0.317 e. The molecular weight excluding hydrogens is 182 g/mol. The number of rotatable bonds is 4. The molecule has 0 aliphatic rings. The second-order valence-corrected chi connectivity index (χ2v) is 2.70. The maximum atomic E-state index is 10.6. The lowest BCUT2D eigenvalue weighted by molar-refractivity contribution is -0.139. The van der Waals surface area contributed by atoms with E-state index in [0.29, 0.717) is 6.42 Å². The fraction of sp³-hybridized carbons (Fsp3) is 0.500. The molecule has 14 heavy (non-hydrogen) atoms. The van der Waals surface area contributed by atoms with E-state index in [1.54, 1.807) is 0 Å². The molecule has 0 saturated heterocycles. The van der Waals surface area contributed by atoms with Crippen LogP contribution in [0.2, 0.25) is 0 Å². The van der Waals surface area contributed by atoms with Crippen molar-refractivity contribution in [2.45, 2.75) is 25.0 Å². The van der Waals surface area contributed by atoms with E-state index in [0.717, 1.165) is 0 Å². The molecular formula is C10H15NO3. The lowest BCUT2D eigenvalue weighted by atomic mass is 10.1. The van der Waals surface area contributed by atoms with Crippen LogP contribution in [0.25, 0.3) is 0 Å². The Morgan fingerprint density at radius 2 is 2.36 bits per heavy atom. The average molecular weight is 197 g/mol. The Kier molecular flexibility index (Phi) is 6.46. The molecule has 2 unspecified atom stereocenters. The predicted molar refractivity (Wildman–Crippen MR) is 53.2 cm³/mol. The van der Waals surface area contributed by atoms with E-state index < -0.39 is 12.1 Å². The number of hydrogen-bond donors (Lipinski definition) is 2. The fourth-order valence-corrected chi connectivity index (χ4v) is 0.692. The second-order valence-electron chi connectivity index (χ2n) is 2.70. The summed E-state index contributed by atoms with van der Waals surface area (Å²) >= 11 is 0. The maximum absolute atomic E-state index is 10.6. The molecule has 0 fully saturated rings. The van der Waals surface area contributed by atoms with Crippen LogP contribution in [0.3, 0.4) is 0 Å². The summed E-state index contributed by atoms with van der Waals surface area (Å²) < 4.78 is 4.39. The largest absolute Gasteiger partial charge is 0.468 e. The zero-order valence-electron chi connectivity index (χ0n) is 8.19. The quantitative estimate of drug-likeness (QED) is 0.372. The van der Waals surface area contributed by atoms with Crippen molar-refractivity contribution in [1.29, 1.82) is 0 Å². The summed E-state index contributed by atoms with van der Waals surface area (Å²) in [5.41, 5.74) is 5.54. The van der Waals surface area contributed by atoms with Crippen LogP contribution < -0.4 is 5.73 Å².